The fourth-order valence-electron chi connectivity index (χ4n) is 9.47. The normalized spacial score (nSPS) is 11.4. The van der Waals surface area contributed by atoms with E-state index >= 15 is 0 Å². The number of anilines is 3. The first kappa shape index (κ1) is 37.3. The molecule has 2 nitrogen and oxygen atoms in total. The van der Waals surface area contributed by atoms with Crippen LogP contribution >= 0.6 is 0 Å². The van der Waals surface area contributed by atoms with Gasteiger partial charge in [0, 0.05) is 39.0 Å². The van der Waals surface area contributed by atoms with Crippen molar-refractivity contribution in [2.45, 2.75) is 0 Å². The lowest BCUT2D eigenvalue weighted by molar-refractivity contribution is 0.671. The number of benzene rings is 11. The summed E-state index contributed by atoms with van der Waals surface area (Å²) in [4.78, 5) is 2.37. The molecule has 0 amide bonds. The van der Waals surface area contributed by atoms with E-state index in [1.165, 1.54) is 43.8 Å². The maximum absolute atomic E-state index is 6.80. The zero-order valence-corrected chi connectivity index (χ0v) is 35.0. The van der Waals surface area contributed by atoms with E-state index in [9.17, 15) is 0 Å². The molecule has 0 unspecified atom stereocenters. The molecule has 0 atom stereocenters. The maximum atomic E-state index is 6.80. The fourth-order valence-corrected chi connectivity index (χ4v) is 9.47. The van der Waals surface area contributed by atoms with Crippen LogP contribution in [0, 0.1) is 0 Å². The predicted molar refractivity (Wildman–Crippen MR) is 271 cm³/mol. The molecular formula is C62H41NO. The Morgan fingerprint density at radius 2 is 0.703 bits per heavy atom. The standard InChI is InChI=1S/C62H41NO/c1-2-14-46(15-3-1)57-25-11-27-59-60-28-12-26-58(62(60)64-61(57)59)50-20-8-19-48(40-50)43-31-35-52(36-32-43)63(53-37-33-44(34-38-53)49-30-29-42-13-4-5-17-47(42)39-49)54-22-9-21-51(41-54)56-24-10-18-45-16-6-7-23-55(45)56/h1-41H. The van der Waals surface area contributed by atoms with Gasteiger partial charge < -0.3 is 9.32 Å². The van der Waals surface area contributed by atoms with Crippen molar-refractivity contribution in [1.29, 1.82) is 0 Å². The number of fused-ring (bicyclic) bond motifs is 5. The minimum absolute atomic E-state index is 0.904. The summed E-state index contributed by atoms with van der Waals surface area (Å²) < 4.78 is 6.80. The largest absolute Gasteiger partial charge is 0.455 e. The third-order valence-corrected chi connectivity index (χ3v) is 12.7. The second-order valence-electron chi connectivity index (χ2n) is 16.5. The Morgan fingerprint density at radius 3 is 1.42 bits per heavy atom. The lowest BCUT2D eigenvalue weighted by atomic mass is 9.96. The Morgan fingerprint density at radius 1 is 0.234 bits per heavy atom. The molecule has 0 bridgehead atoms. The first-order chi connectivity index (χ1) is 31.7. The molecule has 64 heavy (non-hydrogen) atoms. The molecule has 0 radical (unpaired) electrons. The average molecular weight is 816 g/mol. The molecule has 0 aliphatic carbocycles. The van der Waals surface area contributed by atoms with Gasteiger partial charge in [-0.25, -0.2) is 0 Å². The first-order valence-corrected chi connectivity index (χ1v) is 21.9. The van der Waals surface area contributed by atoms with Crippen molar-refractivity contribution in [2.75, 3.05) is 4.90 Å². The SMILES string of the molecule is c1ccc(-c2cccc3c2oc2c(-c4cccc(-c5ccc(N(c6ccc(-c7ccc8ccccc8c7)cc6)c6cccc(-c7cccc8ccccc78)c6)cc5)c4)cccc23)cc1. The molecule has 0 aliphatic rings. The van der Waals surface area contributed by atoms with Gasteiger partial charge in [-0.05, 0) is 115 Å². The lowest BCUT2D eigenvalue weighted by Crippen LogP contribution is -2.10. The second-order valence-corrected chi connectivity index (χ2v) is 16.5. The summed E-state index contributed by atoms with van der Waals surface area (Å²) in [7, 11) is 0. The van der Waals surface area contributed by atoms with E-state index in [0.717, 1.165) is 72.4 Å². The Balaban J connectivity index is 0.922. The number of furan rings is 1. The van der Waals surface area contributed by atoms with Crippen molar-refractivity contribution in [3.8, 4) is 55.6 Å². The summed E-state index contributed by atoms with van der Waals surface area (Å²) in [5.74, 6) is 0. The number of nitrogens with zero attached hydrogens (tertiary/aromatic N) is 1. The van der Waals surface area contributed by atoms with Gasteiger partial charge in [0.15, 0.2) is 0 Å². The molecule has 12 rings (SSSR count). The number of para-hydroxylation sites is 2. The Kier molecular flexibility index (Phi) is 9.20. The molecule has 0 saturated heterocycles. The van der Waals surface area contributed by atoms with E-state index in [1.54, 1.807) is 0 Å². The minimum Gasteiger partial charge on any atom is -0.455 e. The number of hydrogen-bond donors (Lipinski definition) is 0. The highest BCUT2D eigenvalue weighted by molar-refractivity contribution is 6.13. The van der Waals surface area contributed by atoms with Gasteiger partial charge in [-0.15, -0.1) is 0 Å². The topological polar surface area (TPSA) is 16.4 Å². The van der Waals surface area contributed by atoms with E-state index in [2.05, 4.69) is 254 Å². The molecular weight excluding hydrogens is 775 g/mol. The van der Waals surface area contributed by atoms with Crippen LogP contribution in [0.25, 0.3) is 99.1 Å². The smallest absolute Gasteiger partial charge is 0.143 e. The van der Waals surface area contributed by atoms with Crippen molar-refractivity contribution in [2.24, 2.45) is 0 Å². The molecule has 2 heteroatoms. The van der Waals surface area contributed by atoms with Crippen LogP contribution in [0.1, 0.15) is 0 Å². The van der Waals surface area contributed by atoms with Crippen LogP contribution < -0.4 is 4.90 Å². The molecule has 12 aromatic rings. The molecule has 11 aromatic carbocycles. The van der Waals surface area contributed by atoms with Crippen LogP contribution in [0.2, 0.25) is 0 Å². The van der Waals surface area contributed by atoms with Gasteiger partial charge in [0.05, 0.1) is 0 Å². The number of hydrogen-bond acceptors (Lipinski definition) is 2. The third-order valence-electron chi connectivity index (χ3n) is 12.7. The molecule has 0 spiro atoms. The highest BCUT2D eigenvalue weighted by Gasteiger charge is 2.18. The predicted octanol–water partition coefficient (Wildman–Crippen LogP) is 17.7. The molecule has 1 heterocycles. The van der Waals surface area contributed by atoms with Crippen molar-refractivity contribution in [3.05, 3.63) is 249 Å². The highest BCUT2D eigenvalue weighted by atomic mass is 16.3. The van der Waals surface area contributed by atoms with Crippen LogP contribution in [-0.4, -0.2) is 0 Å². The monoisotopic (exact) mass is 815 g/mol. The fraction of sp³-hybridized carbons (Fsp3) is 0. The second kappa shape index (κ2) is 15.8. The molecule has 0 saturated carbocycles. The van der Waals surface area contributed by atoms with E-state index in [-0.39, 0.29) is 0 Å². The van der Waals surface area contributed by atoms with E-state index in [1.807, 2.05) is 0 Å². The average Bonchev–Trinajstić information content (AvgIpc) is 3.76. The van der Waals surface area contributed by atoms with Gasteiger partial charge in [0.2, 0.25) is 0 Å². The van der Waals surface area contributed by atoms with Gasteiger partial charge in [0.25, 0.3) is 0 Å². The summed E-state index contributed by atoms with van der Waals surface area (Å²) in [6.45, 7) is 0. The lowest BCUT2D eigenvalue weighted by Gasteiger charge is -2.26. The summed E-state index contributed by atoms with van der Waals surface area (Å²) in [5, 5.41) is 7.21. The molecule has 0 fully saturated rings. The van der Waals surface area contributed by atoms with Crippen molar-refractivity contribution in [3.63, 3.8) is 0 Å². The molecule has 300 valence electrons. The maximum Gasteiger partial charge on any atom is 0.143 e. The first-order valence-electron chi connectivity index (χ1n) is 21.9. The summed E-state index contributed by atoms with van der Waals surface area (Å²) >= 11 is 0. The zero-order valence-electron chi connectivity index (χ0n) is 35.0. The quantitative estimate of drug-likeness (QED) is 0.152. The van der Waals surface area contributed by atoms with Gasteiger partial charge in [0.1, 0.15) is 11.2 Å². The summed E-state index contributed by atoms with van der Waals surface area (Å²) in [6.07, 6.45) is 0. The highest BCUT2D eigenvalue weighted by Crippen LogP contribution is 2.42. The zero-order chi connectivity index (χ0) is 42.4. The van der Waals surface area contributed by atoms with Gasteiger partial charge in [-0.3, -0.25) is 0 Å². The van der Waals surface area contributed by atoms with Gasteiger partial charge in [-0.2, -0.15) is 0 Å². The van der Waals surface area contributed by atoms with Crippen LogP contribution in [0.4, 0.5) is 17.1 Å². The van der Waals surface area contributed by atoms with E-state index in [4.69, 9.17) is 4.42 Å². The Hall–Kier alpha value is -8.46. The van der Waals surface area contributed by atoms with Crippen molar-refractivity contribution >= 4 is 60.5 Å². The van der Waals surface area contributed by atoms with Crippen LogP contribution in [0.3, 0.4) is 0 Å². The third kappa shape index (κ3) is 6.70. The van der Waals surface area contributed by atoms with E-state index < -0.39 is 0 Å². The van der Waals surface area contributed by atoms with E-state index in [0.29, 0.717) is 0 Å². The van der Waals surface area contributed by atoms with Crippen LogP contribution in [0.5, 0.6) is 0 Å². The summed E-state index contributed by atoms with van der Waals surface area (Å²) in [6, 6.07) is 89.5. The Labute approximate surface area is 372 Å². The van der Waals surface area contributed by atoms with Crippen molar-refractivity contribution in [1.82, 2.24) is 0 Å². The minimum atomic E-state index is 0.904. The summed E-state index contributed by atoms with van der Waals surface area (Å²) in [5.41, 5.74) is 16.6. The molecule has 0 N–H and O–H groups in total. The van der Waals surface area contributed by atoms with Crippen molar-refractivity contribution < 1.29 is 4.42 Å². The van der Waals surface area contributed by atoms with Crippen LogP contribution in [-0.2, 0) is 0 Å². The number of rotatable bonds is 8. The Bertz CT molecular complexity index is 3650. The van der Waals surface area contributed by atoms with Gasteiger partial charge >= 0.3 is 0 Å². The molecule has 0 aliphatic heterocycles. The van der Waals surface area contributed by atoms with Gasteiger partial charge in [-0.1, -0.05) is 200 Å². The molecule has 1 aromatic heterocycles. The van der Waals surface area contributed by atoms with Crippen LogP contribution in [0.15, 0.2) is 253 Å².